The molecule has 13 aromatic rings. The van der Waals surface area contributed by atoms with Crippen molar-refractivity contribution in [3.05, 3.63) is 370 Å². The Kier molecular flexibility index (Phi) is 43.3. The largest absolute Gasteiger partial charge is 0.481 e. The number of allylic oxidation sites excluding steroid dienone is 3. The van der Waals surface area contributed by atoms with Gasteiger partial charge in [0.15, 0.2) is 23.0 Å². The molecule has 0 radical (unpaired) electrons. The van der Waals surface area contributed by atoms with Crippen molar-refractivity contribution in [1.82, 2.24) is 15.4 Å². The Labute approximate surface area is 790 Å². The highest BCUT2D eigenvalue weighted by molar-refractivity contribution is 7.89. The first-order valence-electron chi connectivity index (χ1n) is 44.3. The number of ether oxygens (including phenoxy) is 4. The van der Waals surface area contributed by atoms with Crippen LogP contribution >= 0.6 is 23.2 Å². The highest BCUT2D eigenvalue weighted by atomic mass is 35.5. The molecule has 2 aliphatic rings. The molecule has 8 N–H and O–H groups in total. The van der Waals surface area contributed by atoms with E-state index in [1.807, 2.05) is 159 Å². The van der Waals surface area contributed by atoms with E-state index >= 15 is 0 Å². The number of carboxylic acid groups (broad SMARTS) is 5. The van der Waals surface area contributed by atoms with Crippen molar-refractivity contribution in [2.24, 2.45) is 0 Å². The van der Waals surface area contributed by atoms with Crippen molar-refractivity contribution in [2.75, 3.05) is 52.2 Å². The van der Waals surface area contributed by atoms with Gasteiger partial charge in [0, 0.05) is 98.1 Å². The summed E-state index contributed by atoms with van der Waals surface area (Å²) in [5.41, 5.74) is 19.0. The number of aryl methyl sites for hydroxylation is 4. The normalized spacial score (nSPS) is 11.3. The number of aliphatic carboxylic acids is 5. The smallest absolute Gasteiger partial charge is 0.318 e. The van der Waals surface area contributed by atoms with E-state index in [4.69, 9.17) is 67.7 Å². The van der Waals surface area contributed by atoms with Gasteiger partial charge in [0.05, 0.1) is 4.90 Å². The lowest BCUT2D eigenvalue weighted by Gasteiger charge is -2.16. The predicted octanol–water partition coefficient (Wildman–Crippen LogP) is 24.1. The van der Waals surface area contributed by atoms with E-state index in [1.165, 1.54) is 89.2 Å². The van der Waals surface area contributed by atoms with Gasteiger partial charge < -0.3 is 60.0 Å². The highest BCUT2D eigenvalue weighted by Crippen LogP contribution is 2.39. The van der Waals surface area contributed by atoms with Crippen LogP contribution in [0.15, 0.2) is 325 Å². The Hall–Kier alpha value is -13.4. The second-order valence-corrected chi connectivity index (χ2v) is 34.6. The lowest BCUT2D eigenvalue weighted by Crippen LogP contribution is -2.29. The summed E-state index contributed by atoms with van der Waals surface area (Å²) in [6.07, 6.45) is 14.7. The van der Waals surface area contributed by atoms with E-state index in [0.717, 1.165) is 110 Å². The zero-order valence-electron chi connectivity index (χ0n) is 75.8. The first kappa shape index (κ1) is 103. The van der Waals surface area contributed by atoms with Crippen molar-refractivity contribution in [3.63, 3.8) is 0 Å². The standard InChI is InChI=1S/C18H24ClNO2.C16H16ClNO2.3C16H16O2.C14H16N2O4S.C14H14O2/c1-13(2)5-4-6-14(3)7-8-20-11-15-9-17-18(10-16(15)19)22-12-21-17;17-14-9-16-15(19-11-20-16)8-13(14)10-18-7-6-12-4-2-1-3-5-12;17-16(18)11-5-7-13-6-4-10-15(12-13)14-8-2-1-3-9-14;17-16(18)12-6-10-14-9-4-5-11-15(14)13-7-2-1-3-8-13;17-16(18)8-4-5-13-9-11-15(12-10-13)14-6-2-1-3-7-14;1-16(2)12-7-3-6-11-10(12)5-4-8-13(11)21(19,20)15-9-14(17)18;15-14(16)10-4-8-12-7-3-6-11-5-1-2-9-13(11)12/h5,7,9-10,20H,4,6,8,11-12H2,1-3H3;1-5,8-9,18H,6-7,10-11H2;1-4,6,8-10,12H,5,7,11H2,(H,17,18);1-5,7-9,11H,6,10,12H2,(H,17,18);1-3,6-7,9-12H,4-5,8H2,(H,17,18);3-8,15H,9H2,1-2H3,(H,17,18);1-3,5-7,9H,4,8,10H2,(H,15,16)/b14-7+;;;;;;. The van der Waals surface area contributed by atoms with Crippen molar-refractivity contribution in [3.8, 4) is 56.4 Å². The van der Waals surface area contributed by atoms with E-state index in [2.05, 4.69) is 182 Å². The minimum atomic E-state index is -3.87. The van der Waals surface area contributed by atoms with Gasteiger partial charge in [-0.15, -0.1) is 0 Å². The van der Waals surface area contributed by atoms with E-state index < -0.39 is 46.4 Å². The molecule has 0 aliphatic carbocycles. The zero-order chi connectivity index (χ0) is 95.1. The van der Waals surface area contributed by atoms with Crippen LogP contribution in [-0.4, -0.2) is 111 Å². The number of benzene rings is 13. The fraction of sp³-hybridized carbons (Fsp3) is 0.245. The summed E-state index contributed by atoms with van der Waals surface area (Å²) in [5.74, 6) is -1.14. The molecule has 133 heavy (non-hydrogen) atoms. The second-order valence-electron chi connectivity index (χ2n) is 32.0. The molecule has 13 aromatic carbocycles. The molecule has 0 fully saturated rings. The fourth-order valence-electron chi connectivity index (χ4n) is 14.5. The van der Waals surface area contributed by atoms with Gasteiger partial charge >= 0.3 is 29.8 Å². The summed E-state index contributed by atoms with van der Waals surface area (Å²) >= 11 is 12.5. The van der Waals surface area contributed by atoms with Gasteiger partial charge in [-0.25, -0.2) is 8.42 Å². The maximum absolute atomic E-state index is 12.2. The number of fused-ring (bicyclic) bond motifs is 4. The Balaban J connectivity index is 0.000000175. The Morgan fingerprint density at radius 1 is 0.383 bits per heavy atom. The van der Waals surface area contributed by atoms with Gasteiger partial charge in [-0.05, 0) is 205 Å². The molecule has 694 valence electrons. The number of nitrogens with zero attached hydrogens (tertiary/aromatic N) is 1. The van der Waals surface area contributed by atoms with Crippen LogP contribution in [0.3, 0.4) is 0 Å². The predicted molar refractivity (Wildman–Crippen MR) is 534 cm³/mol. The Morgan fingerprint density at radius 3 is 1.38 bits per heavy atom. The van der Waals surface area contributed by atoms with E-state index in [0.29, 0.717) is 47.7 Å². The molecule has 0 saturated heterocycles. The third-order valence-electron chi connectivity index (χ3n) is 21.3. The van der Waals surface area contributed by atoms with Gasteiger partial charge in [0.25, 0.3) is 0 Å². The van der Waals surface area contributed by atoms with Gasteiger partial charge in [0.1, 0.15) is 6.54 Å². The van der Waals surface area contributed by atoms with Crippen molar-refractivity contribution in [1.29, 1.82) is 0 Å². The van der Waals surface area contributed by atoms with Gasteiger partial charge in [-0.1, -0.05) is 307 Å². The van der Waals surface area contributed by atoms with Crippen LogP contribution in [0.4, 0.5) is 5.69 Å². The number of rotatable bonds is 36. The van der Waals surface area contributed by atoms with Crippen molar-refractivity contribution in [2.45, 2.75) is 135 Å². The average molecular weight is 1860 g/mol. The summed E-state index contributed by atoms with van der Waals surface area (Å²) in [5, 5.41) is 55.1. The topological polar surface area (TPSA) is 297 Å². The van der Waals surface area contributed by atoms with E-state index in [1.54, 1.807) is 18.2 Å². The minimum Gasteiger partial charge on any atom is -0.481 e. The summed E-state index contributed by atoms with van der Waals surface area (Å²) in [6.45, 7) is 9.54. The number of sulfonamides is 1. The molecular formula is C110H118Cl2N4O16S. The maximum atomic E-state index is 12.2. The molecule has 0 unspecified atom stereocenters. The summed E-state index contributed by atoms with van der Waals surface area (Å²) < 4.78 is 47.9. The van der Waals surface area contributed by atoms with Crippen LogP contribution in [0.1, 0.15) is 124 Å². The van der Waals surface area contributed by atoms with Gasteiger partial charge in [-0.2, -0.15) is 4.72 Å². The fourth-order valence-corrected chi connectivity index (χ4v) is 16.1. The average Bonchev–Trinajstić information content (AvgIpc) is 1.13. The van der Waals surface area contributed by atoms with Crippen molar-refractivity contribution >= 4 is 90.3 Å². The quantitative estimate of drug-likeness (QED) is 0.0134. The number of carbonyl (C=O) groups is 5. The molecule has 2 aliphatic heterocycles. The first-order valence-corrected chi connectivity index (χ1v) is 46.6. The molecular weight excluding hydrogens is 1740 g/mol. The molecule has 0 bridgehead atoms. The molecule has 0 spiro atoms. The minimum absolute atomic E-state index is 0.0740. The van der Waals surface area contributed by atoms with Gasteiger partial charge in [0.2, 0.25) is 23.6 Å². The number of hydrogen-bond acceptors (Lipinski definition) is 14. The number of nitrogens with one attached hydrogen (secondary N) is 3. The van der Waals surface area contributed by atoms with Gasteiger partial charge in [-0.3, -0.25) is 24.0 Å². The molecule has 2 heterocycles. The maximum Gasteiger partial charge on any atom is 0.318 e. The summed E-state index contributed by atoms with van der Waals surface area (Å²) in [6, 6.07) is 98.0. The van der Waals surface area contributed by atoms with Crippen LogP contribution in [-0.2, 0) is 79.2 Å². The molecule has 15 rings (SSSR count). The van der Waals surface area contributed by atoms with Crippen LogP contribution < -0.4 is 39.2 Å². The monoisotopic (exact) mass is 1850 g/mol. The van der Waals surface area contributed by atoms with Crippen LogP contribution in [0.2, 0.25) is 10.0 Å². The lowest BCUT2D eigenvalue weighted by atomic mass is 9.96. The molecule has 0 saturated carbocycles. The number of anilines is 1. The SMILES string of the molecule is CC(C)=CCC/C(C)=C/CNCc1cc2c(cc1Cl)OCO2.CN(C)c1cccc2c(S(=O)(=O)NCC(=O)O)cccc12.Clc1cc2c(cc1CNCCc1ccccc1)OCO2.O=C(O)CCCc1ccc(-c2ccccc2)cc1.O=C(O)CCCc1cccc(-c2ccccc2)c1.O=C(O)CCCc1cccc2ccccc12.O=C(O)CCCc1ccccc1-c1ccccc1. The van der Waals surface area contributed by atoms with Crippen LogP contribution in [0, 0.1) is 0 Å². The molecule has 23 heteroatoms. The van der Waals surface area contributed by atoms with E-state index in [-0.39, 0.29) is 44.2 Å². The second kappa shape index (κ2) is 55.7. The summed E-state index contributed by atoms with van der Waals surface area (Å²) in [4.78, 5) is 54.4. The Morgan fingerprint density at radius 2 is 0.812 bits per heavy atom. The number of hydrogen-bond donors (Lipinski definition) is 8. The number of halogens is 2. The van der Waals surface area contributed by atoms with Crippen LogP contribution in [0.25, 0.3) is 54.9 Å². The third kappa shape index (κ3) is 36.4. The first-order chi connectivity index (χ1) is 64.3. The molecule has 20 nitrogen and oxygen atoms in total. The van der Waals surface area contributed by atoms with Crippen molar-refractivity contribution < 1.29 is 76.9 Å². The number of carboxylic acids is 5. The van der Waals surface area contributed by atoms with Crippen LogP contribution in [0.5, 0.6) is 23.0 Å². The highest BCUT2D eigenvalue weighted by Gasteiger charge is 2.22. The molecule has 0 atom stereocenters. The zero-order valence-corrected chi connectivity index (χ0v) is 78.2. The third-order valence-corrected chi connectivity index (χ3v) is 23.5. The Bertz CT molecular complexity index is 6060. The van der Waals surface area contributed by atoms with E-state index in [9.17, 15) is 32.4 Å². The molecule has 0 amide bonds. The molecule has 0 aromatic heterocycles. The summed E-state index contributed by atoms with van der Waals surface area (Å²) in [7, 11) is -0.126. The lowest BCUT2D eigenvalue weighted by molar-refractivity contribution is -0.138.